The van der Waals surface area contributed by atoms with E-state index >= 15 is 0 Å². The van der Waals surface area contributed by atoms with E-state index in [0.717, 1.165) is 25.7 Å². The molecule has 9 heteroatoms. The first-order valence-electron chi connectivity index (χ1n) is 10.7. The molecule has 1 aliphatic heterocycles. The second kappa shape index (κ2) is 9.38. The summed E-state index contributed by atoms with van der Waals surface area (Å²) in [6.45, 7) is 0.242. The molecule has 1 aliphatic carbocycles. The lowest BCUT2D eigenvalue weighted by Gasteiger charge is -2.45. The number of methoxy groups -OCH3 is 1. The van der Waals surface area contributed by atoms with Crippen LogP contribution < -0.4 is 9.47 Å². The van der Waals surface area contributed by atoms with Crippen molar-refractivity contribution in [3.05, 3.63) is 48.5 Å². The Morgan fingerprint density at radius 3 is 2.16 bits per heavy atom. The van der Waals surface area contributed by atoms with E-state index < -0.39 is 22.4 Å². The van der Waals surface area contributed by atoms with Crippen molar-refractivity contribution < 1.29 is 32.5 Å². The van der Waals surface area contributed by atoms with Crippen molar-refractivity contribution in [3.63, 3.8) is 0 Å². The van der Waals surface area contributed by atoms with Crippen LogP contribution >= 0.6 is 0 Å². The summed E-state index contributed by atoms with van der Waals surface area (Å²) in [5.74, 6) is 1.97. The molecule has 2 fully saturated rings. The van der Waals surface area contributed by atoms with Gasteiger partial charge in [0.15, 0.2) is 6.23 Å². The zero-order chi connectivity index (χ0) is 22.7. The molecular formula is C23H27NO7S. The molecular weight excluding hydrogens is 434 g/mol. The van der Waals surface area contributed by atoms with E-state index in [1.165, 1.54) is 16.4 Å². The van der Waals surface area contributed by atoms with Crippen LogP contribution in [0.1, 0.15) is 32.1 Å². The lowest BCUT2D eigenvalue weighted by molar-refractivity contribution is -0.0819. The molecule has 0 spiro atoms. The molecule has 0 radical (unpaired) electrons. The lowest BCUT2D eigenvalue weighted by Crippen LogP contribution is -2.54. The van der Waals surface area contributed by atoms with Crippen molar-refractivity contribution in [3.8, 4) is 17.2 Å². The second-order valence-corrected chi connectivity index (χ2v) is 10.0. The Hall–Kier alpha value is -2.78. The maximum atomic E-state index is 13.4. The Balaban J connectivity index is 1.53. The summed E-state index contributed by atoms with van der Waals surface area (Å²) >= 11 is 0. The molecule has 32 heavy (non-hydrogen) atoms. The van der Waals surface area contributed by atoms with Crippen molar-refractivity contribution in [1.29, 1.82) is 0 Å². The van der Waals surface area contributed by atoms with Crippen molar-refractivity contribution in [2.45, 2.75) is 43.2 Å². The molecule has 1 heterocycles. The fourth-order valence-electron chi connectivity index (χ4n) is 4.71. The summed E-state index contributed by atoms with van der Waals surface area (Å²) in [7, 11) is -2.35. The van der Waals surface area contributed by atoms with E-state index in [1.54, 1.807) is 43.5 Å². The van der Waals surface area contributed by atoms with Gasteiger partial charge in [-0.2, -0.15) is 4.31 Å². The number of nitrogens with zero attached hydrogens (tertiary/aromatic N) is 1. The highest BCUT2D eigenvalue weighted by Gasteiger charge is 2.46. The number of rotatable bonds is 6. The van der Waals surface area contributed by atoms with E-state index in [0.29, 0.717) is 29.6 Å². The monoisotopic (exact) mass is 461 g/mol. The first-order chi connectivity index (χ1) is 15.4. The number of piperidine rings is 1. The normalized spacial score (nSPS) is 23.7. The van der Waals surface area contributed by atoms with Gasteiger partial charge in [0.1, 0.15) is 17.2 Å². The summed E-state index contributed by atoms with van der Waals surface area (Å²) in [5.41, 5.74) is 0. The number of benzene rings is 2. The van der Waals surface area contributed by atoms with Gasteiger partial charge in [0.2, 0.25) is 10.0 Å². The van der Waals surface area contributed by atoms with Gasteiger partial charge in [-0.1, -0.05) is 12.8 Å². The molecule has 3 atom stereocenters. The first kappa shape index (κ1) is 22.4. The van der Waals surface area contributed by atoms with Crippen LogP contribution in [-0.2, 0) is 14.8 Å². The van der Waals surface area contributed by atoms with Gasteiger partial charge < -0.3 is 19.3 Å². The molecule has 3 unspecified atom stereocenters. The Morgan fingerprint density at radius 1 is 0.938 bits per heavy atom. The van der Waals surface area contributed by atoms with Gasteiger partial charge in [-0.15, -0.1) is 0 Å². The highest BCUT2D eigenvalue weighted by Crippen LogP contribution is 2.42. The van der Waals surface area contributed by atoms with E-state index in [1.807, 2.05) is 0 Å². The van der Waals surface area contributed by atoms with Crippen LogP contribution in [0.2, 0.25) is 0 Å². The Morgan fingerprint density at radius 2 is 1.53 bits per heavy atom. The number of sulfonamides is 1. The number of hydrogen-bond acceptors (Lipinski definition) is 6. The quantitative estimate of drug-likeness (QED) is 0.622. The summed E-state index contributed by atoms with van der Waals surface area (Å²) in [6.07, 6.45) is 2.05. The first-order valence-corrected chi connectivity index (χ1v) is 12.2. The highest BCUT2D eigenvalue weighted by molar-refractivity contribution is 7.89. The third-order valence-corrected chi connectivity index (χ3v) is 8.16. The number of carbonyl (C=O) groups is 1. The van der Waals surface area contributed by atoms with Crippen LogP contribution in [0, 0.1) is 11.8 Å². The topological polar surface area (TPSA) is 102 Å². The fourth-order valence-corrected chi connectivity index (χ4v) is 6.27. The molecule has 4 rings (SSSR count). The standard InChI is InChI=1S/C23H27NO7S/c1-29-17-6-8-18(9-7-17)30-19-10-12-20(13-11-19)32(27,28)24-15-14-16-4-2-3-5-21(16)22(24)31-23(25)26/h6-13,16,21-22H,2-5,14-15H2,1H3,(H,25,26). The zero-order valence-corrected chi connectivity index (χ0v) is 18.7. The third-order valence-electron chi connectivity index (χ3n) is 6.29. The molecule has 1 saturated carbocycles. The molecule has 0 bridgehead atoms. The maximum Gasteiger partial charge on any atom is 0.507 e. The largest absolute Gasteiger partial charge is 0.507 e. The van der Waals surface area contributed by atoms with Gasteiger partial charge in [-0.25, -0.2) is 13.2 Å². The maximum absolute atomic E-state index is 13.4. The van der Waals surface area contributed by atoms with E-state index in [2.05, 4.69) is 0 Å². The minimum atomic E-state index is -3.93. The summed E-state index contributed by atoms with van der Waals surface area (Å²) < 4.78 is 44.0. The minimum Gasteiger partial charge on any atom is -0.497 e. The Labute approximate surface area is 187 Å². The number of fused-ring (bicyclic) bond motifs is 1. The van der Waals surface area contributed by atoms with Crippen molar-refractivity contribution in [2.75, 3.05) is 13.7 Å². The Kier molecular flexibility index (Phi) is 6.57. The molecule has 2 aliphatic rings. The van der Waals surface area contributed by atoms with Crippen LogP contribution in [0.25, 0.3) is 0 Å². The van der Waals surface area contributed by atoms with Gasteiger partial charge in [0, 0.05) is 12.5 Å². The summed E-state index contributed by atoms with van der Waals surface area (Å²) in [5, 5.41) is 9.25. The van der Waals surface area contributed by atoms with E-state index in [-0.39, 0.29) is 17.4 Å². The van der Waals surface area contributed by atoms with Crippen LogP contribution in [0.15, 0.2) is 53.4 Å². The number of carboxylic acid groups (broad SMARTS) is 1. The van der Waals surface area contributed by atoms with Gasteiger partial charge in [-0.05, 0) is 73.7 Å². The van der Waals surface area contributed by atoms with Crippen LogP contribution in [0.4, 0.5) is 4.79 Å². The summed E-state index contributed by atoms with van der Waals surface area (Å²) in [4.78, 5) is 11.4. The predicted octanol–water partition coefficient (Wildman–Crippen LogP) is 4.71. The van der Waals surface area contributed by atoms with Crippen molar-refractivity contribution >= 4 is 16.2 Å². The fraction of sp³-hybridized carbons (Fsp3) is 0.435. The Bertz CT molecular complexity index is 1040. The number of ether oxygens (including phenoxy) is 3. The molecule has 2 aromatic carbocycles. The van der Waals surface area contributed by atoms with Crippen LogP contribution in [0.5, 0.6) is 17.2 Å². The van der Waals surface area contributed by atoms with Crippen molar-refractivity contribution in [1.82, 2.24) is 4.31 Å². The molecule has 1 saturated heterocycles. The zero-order valence-electron chi connectivity index (χ0n) is 17.8. The smallest absolute Gasteiger partial charge is 0.497 e. The average Bonchev–Trinajstić information content (AvgIpc) is 2.80. The highest BCUT2D eigenvalue weighted by atomic mass is 32.2. The van der Waals surface area contributed by atoms with Gasteiger partial charge in [0.25, 0.3) is 0 Å². The molecule has 0 amide bonds. The third kappa shape index (κ3) is 4.68. The van der Waals surface area contributed by atoms with Crippen molar-refractivity contribution in [2.24, 2.45) is 11.8 Å². The SMILES string of the molecule is COc1ccc(Oc2ccc(S(=O)(=O)N3CCC4CCCCC4C3OC(=O)O)cc2)cc1. The summed E-state index contributed by atoms with van der Waals surface area (Å²) in [6, 6.07) is 13.2. The van der Waals surface area contributed by atoms with E-state index in [9.17, 15) is 18.3 Å². The molecule has 0 aromatic heterocycles. The average molecular weight is 462 g/mol. The molecule has 172 valence electrons. The lowest BCUT2D eigenvalue weighted by atomic mass is 9.74. The molecule has 2 aromatic rings. The number of hydrogen-bond donors (Lipinski definition) is 1. The van der Waals surface area contributed by atoms with E-state index in [4.69, 9.17) is 14.2 Å². The van der Waals surface area contributed by atoms with Crippen LogP contribution in [0.3, 0.4) is 0 Å². The van der Waals surface area contributed by atoms with Crippen LogP contribution in [-0.4, -0.2) is 43.9 Å². The minimum absolute atomic E-state index is 0.0767. The molecule has 1 N–H and O–H groups in total. The predicted molar refractivity (Wildman–Crippen MR) is 116 cm³/mol. The van der Waals surface area contributed by atoms with Gasteiger partial charge in [0.05, 0.1) is 12.0 Å². The second-order valence-electron chi connectivity index (χ2n) is 8.14. The van der Waals surface area contributed by atoms with Gasteiger partial charge >= 0.3 is 6.16 Å². The molecule has 8 nitrogen and oxygen atoms in total. The van der Waals surface area contributed by atoms with Gasteiger partial charge in [-0.3, -0.25) is 0 Å².